The molecule has 0 aliphatic carbocycles. The molecule has 0 fully saturated rings. The van der Waals surface area contributed by atoms with Crippen LogP contribution in [-0.2, 0) is 0 Å². The third-order valence-corrected chi connectivity index (χ3v) is 6.95. The van der Waals surface area contributed by atoms with Crippen LogP contribution < -0.4 is 4.98 Å². The van der Waals surface area contributed by atoms with Crippen LogP contribution in [0.4, 0.5) is 0 Å². The van der Waals surface area contributed by atoms with Gasteiger partial charge in [0.15, 0.2) is 0 Å². The van der Waals surface area contributed by atoms with Crippen molar-refractivity contribution in [3.63, 3.8) is 0 Å². The van der Waals surface area contributed by atoms with Crippen LogP contribution in [0.3, 0.4) is 0 Å². The minimum absolute atomic E-state index is 1.07. The summed E-state index contributed by atoms with van der Waals surface area (Å²) in [4.78, 5) is 3.70. The Morgan fingerprint density at radius 2 is 1.21 bits per heavy atom. The van der Waals surface area contributed by atoms with E-state index in [1.165, 1.54) is 6.42 Å². The first-order chi connectivity index (χ1) is 6.39. The Kier molecular flexibility index (Phi) is 5.85. The topological polar surface area (TPSA) is 21.8 Å². The summed E-state index contributed by atoms with van der Waals surface area (Å²) < 4.78 is 6.97. The third kappa shape index (κ3) is 2.77. The van der Waals surface area contributed by atoms with E-state index < -0.39 is 8.72 Å². The molecule has 0 aromatic carbocycles. The normalized spacial score (nSPS) is 13.3. The first kappa shape index (κ1) is 14.1. The molecular weight excluding hydrogens is 192 g/mol. The Balaban J connectivity index is 4.76. The number of nitrogens with zero attached hydrogens (tertiary/aromatic N) is 3. The summed E-state index contributed by atoms with van der Waals surface area (Å²) in [7, 11) is 11.1. The van der Waals surface area contributed by atoms with Crippen molar-refractivity contribution < 1.29 is 0 Å². The van der Waals surface area contributed by atoms with Gasteiger partial charge in [-0.15, -0.1) is 0 Å². The van der Waals surface area contributed by atoms with Gasteiger partial charge in [-0.1, -0.05) is 6.92 Å². The number of hydrogen-bond acceptors (Lipinski definition) is 4. The van der Waals surface area contributed by atoms with Gasteiger partial charge >= 0.3 is 8.72 Å². The molecule has 4 nitrogen and oxygen atoms in total. The molecule has 0 aliphatic heterocycles. The molecule has 0 aromatic rings. The van der Waals surface area contributed by atoms with Gasteiger partial charge in [0, 0.05) is 0 Å². The van der Waals surface area contributed by atoms with E-state index >= 15 is 0 Å². The molecule has 0 radical (unpaired) electrons. The Bertz CT molecular complexity index is 137. The van der Waals surface area contributed by atoms with Gasteiger partial charge in [-0.05, 0) is 55.3 Å². The molecule has 0 bridgehead atoms. The molecule has 0 heterocycles. The lowest BCUT2D eigenvalue weighted by atomic mass is 10.5. The predicted molar refractivity (Wildman–Crippen MR) is 65.1 cm³/mol. The quantitative estimate of drug-likeness (QED) is 0.639. The lowest BCUT2D eigenvalue weighted by Crippen LogP contribution is -2.78. The number of rotatable bonds is 6. The second kappa shape index (κ2) is 5.82. The monoisotopic (exact) mass is 218 g/mol. The van der Waals surface area contributed by atoms with E-state index in [4.69, 9.17) is 0 Å². The van der Waals surface area contributed by atoms with E-state index in [2.05, 4.69) is 67.9 Å². The zero-order chi connectivity index (χ0) is 11.4. The zero-order valence-electron chi connectivity index (χ0n) is 10.8. The maximum Gasteiger partial charge on any atom is 0.372 e. The van der Waals surface area contributed by atoms with Crippen molar-refractivity contribution in [3.05, 3.63) is 0 Å². The maximum absolute atomic E-state index is 3.70. The summed E-state index contributed by atoms with van der Waals surface area (Å²) in [6.45, 7) is 3.27. The van der Waals surface area contributed by atoms with Crippen molar-refractivity contribution >= 4 is 8.72 Å². The molecule has 0 aromatic heterocycles. The molecule has 0 amide bonds. The molecule has 1 N–H and O–H groups in total. The molecule has 5 heteroatoms. The Morgan fingerprint density at radius 3 is 1.43 bits per heavy atom. The Hall–Kier alpha value is 0.0569. The first-order valence-electron chi connectivity index (χ1n) is 5.16. The number of nitrogens with one attached hydrogen (secondary N) is 1. The van der Waals surface area contributed by atoms with Gasteiger partial charge in [0.05, 0.1) is 0 Å². The van der Waals surface area contributed by atoms with Crippen LogP contribution in [0.5, 0.6) is 0 Å². The van der Waals surface area contributed by atoms with E-state index in [1.807, 2.05) is 0 Å². The molecular formula is C9H26N4Si. The van der Waals surface area contributed by atoms with Crippen LogP contribution in [0.2, 0.25) is 0 Å². The molecule has 0 saturated carbocycles. The van der Waals surface area contributed by atoms with Crippen LogP contribution in [0, 0.1) is 0 Å². The molecule has 0 rings (SSSR count). The van der Waals surface area contributed by atoms with E-state index in [1.54, 1.807) is 0 Å². The number of hydrogen-bond donors (Lipinski definition) is 1. The van der Waals surface area contributed by atoms with Gasteiger partial charge in [-0.25, -0.2) is 0 Å². The molecule has 0 spiro atoms. The second-order valence-corrected chi connectivity index (χ2v) is 8.55. The fraction of sp³-hybridized carbons (Fsp3) is 1.00. The highest BCUT2D eigenvalue weighted by molar-refractivity contribution is 6.68. The highest BCUT2D eigenvalue weighted by Gasteiger charge is 2.42. The lowest BCUT2D eigenvalue weighted by Gasteiger charge is -2.46. The Labute approximate surface area is 90.2 Å². The van der Waals surface area contributed by atoms with Crippen molar-refractivity contribution in [1.29, 1.82) is 0 Å². The summed E-state index contributed by atoms with van der Waals surface area (Å²) >= 11 is 0. The molecule has 0 atom stereocenters. The van der Waals surface area contributed by atoms with Gasteiger partial charge in [-0.3, -0.25) is 13.7 Å². The largest absolute Gasteiger partial charge is 0.372 e. The Morgan fingerprint density at radius 1 is 0.857 bits per heavy atom. The van der Waals surface area contributed by atoms with Crippen molar-refractivity contribution in [2.24, 2.45) is 0 Å². The lowest BCUT2D eigenvalue weighted by molar-refractivity contribution is 0.355. The minimum atomic E-state index is -1.80. The van der Waals surface area contributed by atoms with Crippen LogP contribution >= 0.6 is 0 Å². The van der Waals surface area contributed by atoms with Gasteiger partial charge in [-0.2, -0.15) is 0 Å². The van der Waals surface area contributed by atoms with E-state index in [9.17, 15) is 0 Å². The van der Waals surface area contributed by atoms with Crippen LogP contribution in [0.1, 0.15) is 13.3 Å². The van der Waals surface area contributed by atoms with E-state index in [0.717, 1.165) is 6.54 Å². The van der Waals surface area contributed by atoms with Crippen LogP contribution in [-0.4, -0.2) is 71.2 Å². The average Bonchev–Trinajstić information content (AvgIpc) is 2.03. The average molecular weight is 218 g/mol. The standard InChI is InChI=1S/C9H26N4Si/c1-8-9-10-14(11(2)3,12(4)5)13(6)7/h10H,8-9H2,1-7H3. The maximum atomic E-state index is 3.70. The van der Waals surface area contributed by atoms with Gasteiger partial charge in [0.1, 0.15) is 0 Å². The minimum Gasteiger partial charge on any atom is -0.300 e. The predicted octanol–water partition coefficient (Wildman–Crippen LogP) is 0.106. The molecule has 0 saturated heterocycles. The summed E-state index contributed by atoms with van der Waals surface area (Å²) in [5.74, 6) is 0. The highest BCUT2D eigenvalue weighted by atomic mass is 28.4. The van der Waals surface area contributed by atoms with Crippen LogP contribution in [0.15, 0.2) is 0 Å². The van der Waals surface area contributed by atoms with Crippen molar-refractivity contribution in [1.82, 2.24) is 18.7 Å². The van der Waals surface area contributed by atoms with E-state index in [-0.39, 0.29) is 0 Å². The SMILES string of the molecule is CCCN[Si](N(C)C)(N(C)C)N(C)C. The highest BCUT2D eigenvalue weighted by Crippen LogP contribution is 2.08. The van der Waals surface area contributed by atoms with Crippen molar-refractivity contribution in [2.75, 3.05) is 48.8 Å². The first-order valence-corrected chi connectivity index (χ1v) is 7.01. The molecule has 0 unspecified atom stereocenters. The molecule has 0 aliphatic rings. The van der Waals surface area contributed by atoms with Crippen molar-refractivity contribution in [3.8, 4) is 0 Å². The molecule has 86 valence electrons. The summed E-state index contributed by atoms with van der Waals surface area (Å²) in [5.41, 5.74) is 0. The fourth-order valence-electron chi connectivity index (χ4n) is 1.97. The van der Waals surface area contributed by atoms with Gasteiger partial charge < -0.3 is 4.98 Å². The van der Waals surface area contributed by atoms with Gasteiger partial charge in [0.2, 0.25) is 0 Å². The summed E-state index contributed by atoms with van der Waals surface area (Å²) in [5, 5.41) is 0. The van der Waals surface area contributed by atoms with Crippen molar-refractivity contribution in [2.45, 2.75) is 13.3 Å². The van der Waals surface area contributed by atoms with E-state index in [0.29, 0.717) is 0 Å². The summed E-state index contributed by atoms with van der Waals surface area (Å²) in [6.07, 6.45) is 1.17. The fourth-order valence-corrected chi connectivity index (χ4v) is 5.90. The summed E-state index contributed by atoms with van der Waals surface area (Å²) in [6, 6.07) is 0. The smallest absolute Gasteiger partial charge is 0.300 e. The van der Waals surface area contributed by atoms with Gasteiger partial charge in [0.25, 0.3) is 0 Å². The van der Waals surface area contributed by atoms with Crippen LogP contribution in [0.25, 0.3) is 0 Å². The molecule has 14 heavy (non-hydrogen) atoms. The zero-order valence-corrected chi connectivity index (χ0v) is 11.8. The third-order valence-electron chi connectivity index (χ3n) is 2.48. The second-order valence-electron chi connectivity index (χ2n) is 4.25.